The number of nitrogens with two attached hydrogens (primary N) is 1. The minimum atomic E-state index is 0.00175. The molecule has 1 aliphatic rings. The summed E-state index contributed by atoms with van der Waals surface area (Å²) in [7, 11) is 1.82. The Morgan fingerprint density at radius 1 is 1.31 bits per heavy atom. The number of hydrogen-bond donors (Lipinski definition) is 1. The highest BCUT2D eigenvalue weighted by atomic mass is 16.5. The van der Waals surface area contributed by atoms with Gasteiger partial charge in [-0.05, 0) is 49.6 Å². The summed E-state index contributed by atoms with van der Waals surface area (Å²) < 4.78 is 13.5. The molecule has 0 aliphatic carbocycles. The SMILES string of the molecule is Cn1nc(C2CCCO2)cc1Oc1cc(C#N)ccc1-c1ncc(CCN)cn1. The van der Waals surface area contributed by atoms with E-state index in [2.05, 4.69) is 21.1 Å². The zero-order valence-electron chi connectivity index (χ0n) is 16.2. The number of aryl methyl sites for hydroxylation is 1. The fraction of sp³-hybridized carbons (Fsp3) is 0.333. The molecule has 0 bridgehead atoms. The van der Waals surface area contributed by atoms with Gasteiger partial charge in [0.25, 0.3) is 0 Å². The summed E-state index contributed by atoms with van der Waals surface area (Å²) in [6, 6.07) is 9.23. The summed E-state index contributed by atoms with van der Waals surface area (Å²) in [6.07, 6.45) is 6.23. The average molecular weight is 390 g/mol. The second-order valence-electron chi connectivity index (χ2n) is 6.91. The van der Waals surface area contributed by atoms with Crippen molar-refractivity contribution in [1.82, 2.24) is 19.7 Å². The summed E-state index contributed by atoms with van der Waals surface area (Å²) in [5.74, 6) is 1.58. The van der Waals surface area contributed by atoms with E-state index in [0.717, 1.165) is 37.1 Å². The molecule has 1 fully saturated rings. The zero-order chi connectivity index (χ0) is 20.2. The quantitative estimate of drug-likeness (QED) is 0.688. The highest BCUT2D eigenvalue weighted by Gasteiger charge is 2.22. The Hall–Kier alpha value is -3.28. The van der Waals surface area contributed by atoms with Crippen molar-refractivity contribution in [2.45, 2.75) is 25.4 Å². The Kier molecular flexibility index (Phi) is 5.51. The van der Waals surface area contributed by atoms with E-state index in [1.165, 1.54) is 0 Å². The van der Waals surface area contributed by atoms with Crippen LogP contribution in [0, 0.1) is 11.3 Å². The Balaban J connectivity index is 1.67. The standard InChI is InChI=1S/C21H22N6O2/c1-27-20(10-17(26-27)18-3-2-8-28-18)29-19-9-14(11-23)4-5-16(19)21-24-12-15(6-7-22)13-25-21/h4-5,9-10,12-13,18H,2-3,6-8,22H2,1H3. The monoisotopic (exact) mass is 390 g/mol. The fourth-order valence-electron chi connectivity index (χ4n) is 3.30. The van der Waals surface area contributed by atoms with E-state index in [4.69, 9.17) is 15.2 Å². The van der Waals surface area contributed by atoms with E-state index in [1.54, 1.807) is 35.3 Å². The molecule has 1 aromatic carbocycles. The number of ether oxygens (including phenoxy) is 2. The summed E-state index contributed by atoms with van der Waals surface area (Å²) in [6.45, 7) is 1.30. The van der Waals surface area contributed by atoms with Crippen molar-refractivity contribution in [1.29, 1.82) is 5.26 Å². The van der Waals surface area contributed by atoms with Gasteiger partial charge in [0.05, 0.1) is 22.9 Å². The first-order valence-corrected chi connectivity index (χ1v) is 9.57. The van der Waals surface area contributed by atoms with Crippen LogP contribution in [0.4, 0.5) is 0 Å². The van der Waals surface area contributed by atoms with Crippen LogP contribution in [-0.2, 0) is 18.2 Å². The van der Waals surface area contributed by atoms with Crippen LogP contribution >= 0.6 is 0 Å². The Morgan fingerprint density at radius 3 is 2.83 bits per heavy atom. The van der Waals surface area contributed by atoms with Crippen LogP contribution in [0.2, 0.25) is 0 Å². The molecular formula is C21H22N6O2. The lowest BCUT2D eigenvalue weighted by Crippen LogP contribution is -2.04. The maximum atomic E-state index is 9.30. The topological polar surface area (TPSA) is 112 Å². The van der Waals surface area contributed by atoms with Crippen molar-refractivity contribution in [3.8, 4) is 29.1 Å². The van der Waals surface area contributed by atoms with Crippen LogP contribution in [0.25, 0.3) is 11.4 Å². The molecule has 1 unspecified atom stereocenters. The van der Waals surface area contributed by atoms with Gasteiger partial charge in [0.2, 0.25) is 5.88 Å². The minimum Gasteiger partial charge on any atom is -0.438 e. The first-order chi connectivity index (χ1) is 14.2. The molecule has 2 aromatic heterocycles. The maximum absolute atomic E-state index is 9.30. The first kappa shape index (κ1) is 19.1. The summed E-state index contributed by atoms with van der Waals surface area (Å²) >= 11 is 0. The summed E-state index contributed by atoms with van der Waals surface area (Å²) in [5, 5.41) is 13.8. The molecule has 0 amide bonds. The number of benzene rings is 1. The lowest BCUT2D eigenvalue weighted by Gasteiger charge is -2.11. The van der Waals surface area contributed by atoms with Gasteiger partial charge in [-0.15, -0.1) is 0 Å². The zero-order valence-corrected chi connectivity index (χ0v) is 16.2. The van der Waals surface area contributed by atoms with Gasteiger partial charge in [0.1, 0.15) is 11.9 Å². The van der Waals surface area contributed by atoms with Crippen molar-refractivity contribution in [3.05, 3.63) is 53.5 Å². The predicted octanol–water partition coefficient (Wildman–Crippen LogP) is 2.89. The van der Waals surface area contributed by atoms with Gasteiger partial charge in [0.15, 0.2) is 5.82 Å². The van der Waals surface area contributed by atoms with Gasteiger partial charge in [0, 0.05) is 32.1 Å². The lowest BCUT2D eigenvalue weighted by atomic mass is 10.1. The van der Waals surface area contributed by atoms with Gasteiger partial charge in [-0.3, -0.25) is 0 Å². The molecule has 1 saturated heterocycles. The van der Waals surface area contributed by atoms with E-state index < -0.39 is 0 Å². The lowest BCUT2D eigenvalue weighted by molar-refractivity contribution is 0.108. The van der Waals surface area contributed by atoms with E-state index >= 15 is 0 Å². The molecule has 8 heteroatoms. The highest BCUT2D eigenvalue weighted by Crippen LogP contribution is 2.35. The number of aromatic nitrogens is 4. The van der Waals surface area contributed by atoms with E-state index in [0.29, 0.717) is 35.1 Å². The molecule has 1 atom stereocenters. The molecular weight excluding hydrogens is 368 g/mol. The number of nitriles is 1. The van der Waals surface area contributed by atoms with Gasteiger partial charge >= 0.3 is 0 Å². The van der Waals surface area contributed by atoms with Crippen LogP contribution in [0.3, 0.4) is 0 Å². The van der Waals surface area contributed by atoms with Crippen LogP contribution in [0.5, 0.6) is 11.6 Å². The average Bonchev–Trinajstić information content (AvgIpc) is 3.39. The highest BCUT2D eigenvalue weighted by molar-refractivity contribution is 5.66. The largest absolute Gasteiger partial charge is 0.438 e. The molecule has 8 nitrogen and oxygen atoms in total. The van der Waals surface area contributed by atoms with Gasteiger partial charge in [-0.25, -0.2) is 14.6 Å². The van der Waals surface area contributed by atoms with E-state index in [9.17, 15) is 5.26 Å². The summed E-state index contributed by atoms with van der Waals surface area (Å²) in [4.78, 5) is 8.89. The third kappa shape index (κ3) is 4.11. The van der Waals surface area contributed by atoms with Crippen molar-refractivity contribution < 1.29 is 9.47 Å². The van der Waals surface area contributed by atoms with Crippen LogP contribution in [0.15, 0.2) is 36.7 Å². The smallest absolute Gasteiger partial charge is 0.217 e. The Labute approximate surface area is 168 Å². The third-order valence-electron chi connectivity index (χ3n) is 4.82. The first-order valence-electron chi connectivity index (χ1n) is 9.57. The number of rotatable bonds is 6. The van der Waals surface area contributed by atoms with Crippen molar-refractivity contribution in [2.75, 3.05) is 13.2 Å². The number of nitrogens with zero attached hydrogens (tertiary/aromatic N) is 5. The van der Waals surface area contributed by atoms with Gasteiger partial charge < -0.3 is 15.2 Å². The van der Waals surface area contributed by atoms with Crippen molar-refractivity contribution in [3.63, 3.8) is 0 Å². The summed E-state index contributed by atoms with van der Waals surface area (Å²) in [5.41, 5.74) is 8.60. The normalized spacial score (nSPS) is 16.0. The van der Waals surface area contributed by atoms with Crippen LogP contribution < -0.4 is 10.5 Å². The second-order valence-corrected chi connectivity index (χ2v) is 6.91. The third-order valence-corrected chi connectivity index (χ3v) is 4.82. The van der Waals surface area contributed by atoms with Gasteiger partial charge in [-0.2, -0.15) is 10.4 Å². The van der Waals surface area contributed by atoms with Crippen molar-refractivity contribution >= 4 is 0 Å². The van der Waals surface area contributed by atoms with Crippen LogP contribution in [-0.4, -0.2) is 32.9 Å². The second kappa shape index (κ2) is 8.39. The van der Waals surface area contributed by atoms with E-state index in [1.807, 2.05) is 13.1 Å². The maximum Gasteiger partial charge on any atom is 0.217 e. The Bertz CT molecular complexity index is 1030. The molecule has 0 saturated carbocycles. The molecule has 1 aliphatic heterocycles. The Morgan fingerprint density at radius 2 is 2.14 bits per heavy atom. The van der Waals surface area contributed by atoms with Gasteiger partial charge in [-0.1, -0.05) is 0 Å². The van der Waals surface area contributed by atoms with E-state index in [-0.39, 0.29) is 6.10 Å². The minimum absolute atomic E-state index is 0.00175. The molecule has 4 rings (SSSR count). The van der Waals surface area contributed by atoms with Crippen molar-refractivity contribution in [2.24, 2.45) is 12.8 Å². The molecule has 0 radical (unpaired) electrons. The van der Waals surface area contributed by atoms with Crippen LogP contribution in [0.1, 0.15) is 35.8 Å². The molecule has 29 heavy (non-hydrogen) atoms. The fourth-order valence-corrected chi connectivity index (χ4v) is 3.30. The molecule has 2 N–H and O–H groups in total. The molecule has 3 heterocycles. The number of hydrogen-bond acceptors (Lipinski definition) is 7. The molecule has 148 valence electrons. The predicted molar refractivity (Wildman–Crippen MR) is 106 cm³/mol. The molecule has 0 spiro atoms. The molecule has 3 aromatic rings.